The van der Waals surface area contributed by atoms with Gasteiger partial charge in [0.05, 0.1) is 11.1 Å². The molecule has 8 heteroatoms. The Kier molecular flexibility index (Phi) is 3.02. The minimum atomic E-state index is -4.89. The van der Waals surface area contributed by atoms with Crippen molar-refractivity contribution in [1.29, 1.82) is 0 Å². The maximum atomic E-state index is 12.4. The molecule has 0 aromatic carbocycles. The lowest BCUT2D eigenvalue weighted by atomic mass is 10.2. The fraction of sp³-hybridized carbons (Fsp3) is 0.375. The summed E-state index contributed by atoms with van der Waals surface area (Å²) in [4.78, 5) is 20.7. The van der Waals surface area contributed by atoms with Gasteiger partial charge in [-0.3, -0.25) is 14.9 Å². The van der Waals surface area contributed by atoms with E-state index in [2.05, 4.69) is 0 Å². The second-order valence-electron chi connectivity index (χ2n) is 2.96. The molecular formula is C8H7F3N2O3. The Balaban J connectivity index is 3.55. The molecule has 0 radical (unpaired) electrons. The number of aromatic nitrogens is 1. The molecule has 0 bridgehead atoms. The predicted octanol–water partition coefficient (Wildman–Crippen LogP) is 1.80. The molecule has 1 rings (SSSR count). The number of halogens is 3. The van der Waals surface area contributed by atoms with Crippen LogP contribution in [0.2, 0.25) is 0 Å². The molecule has 0 unspecified atom stereocenters. The van der Waals surface area contributed by atoms with E-state index in [0.717, 1.165) is 6.20 Å². The smallest absolute Gasteiger partial charge is 0.309 e. The second kappa shape index (κ2) is 3.95. The van der Waals surface area contributed by atoms with Gasteiger partial charge in [0.15, 0.2) is 0 Å². The molecule has 0 aliphatic heterocycles. The minimum absolute atomic E-state index is 0.0659. The molecule has 5 nitrogen and oxygen atoms in total. The summed E-state index contributed by atoms with van der Waals surface area (Å²) in [5, 5.41) is 10.4. The molecule has 0 aliphatic rings. The van der Waals surface area contributed by atoms with E-state index in [1.807, 2.05) is 0 Å². The van der Waals surface area contributed by atoms with Gasteiger partial charge in [-0.15, -0.1) is 0 Å². The third-order valence-corrected chi connectivity index (χ3v) is 1.93. The van der Waals surface area contributed by atoms with Crippen molar-refractivity contribution < 1.29 is 18.1 Å². The largest absolute Gasteiger partial charge is 0.421 e. The van der Waals surface area contributed by atoms with Crippen LogP contribution in [0.15, 0.2) is 17.1 Å². The van der Waals surface area contributed by atoms with E-state index in [-0.39, 0.29) is 12.6 Å². The van der Waals surface area contributed by atoms with Crippen LogP contribution < -0.4 is 5.56 Å². The first-order chi connectivity index (χ1) is 7.27. The Morgan fingerprint density at radius 1 is 1.50 bits per heavy atom. The van der Waals surface area contributed by atoms with Gasteiger partial charge in [-0.05, 0) is 6.92 Å². The first kappa shape index (κ1) is 12.2. The van der Waals surface area contributed by atoms with E-state index < -0.39 is 27.9 Å². The van der Waals surface area contributed by atoms with Gasteiger partial charge < -0.3 is 4.57 Å². The summed E-state index contributed by atoms with van der Waals surface area (Å²) in [6, 6.07) is 0.245. The number of nitrogens with zero attached hydrogens (tertiary/aromatic N) is 2. The summed E-state index contributed by atoms with van der Waals surface area (Å²) < 4.78 is 37.8. The molecule has 0 aliphatic carbocycles. The van der Waals surface area contributed by atoms with Crippen LogP contribution in [-0.2, 0) is 12.7 Å². The number of pyridine rings is 1. The average molecular weight is 236 g/mol. The Morgan fingerprint density at radius 3 is 2.44 bits per heavy atom. The van der Waals surface area contributed by atoms with E-state index in [4.69, 9.17) is 0 Å². The summed E-state index contributed by atoms with van der Waals surface area (Å²) in [6.07, 6.45) is -4.10. The van der Waals surface area contributed by atoms with Crippen molar-refractivity contribution in [1.82, 2.24) is 4.57 Å². The number of hydrogen-bond donors (Lipinski definition) is 0. The number of alkyl halides is 3. The minimum Gasteiger partial charge on any atom is -0.309 e. The summed E-state index contributed by atoms with van der Waals surface area (Å²) >= 11 is 0. The van der Waals surface area contributed by atoms with Crippen LogP contribution in [0.4, 0.5) is 18.9 Å². The molecule has 0 atom stereocenters. The van der Waals surface area contributed by atoms with E-state index in [1.54, 1.807) is 0 Å². The van der Waals surface area contributed by atoms with E-state index in [9.17, 15) is 28.1 Å². The summed E-state index contributed by atoms with van der Waals surface area (Å²) in [7, 11) is 0. The molecule has 0 fully saturated rings. The molecule has 0 saturated carbocycles. The first-order valence-corrected chi connectivity index (χ1v) is 4.23. The molecule has 1 heterocycles. The Morgan fingerprint density at radius 2 is 2.06 bits per heavy atom. The van der Waals surface area contributed by atoms with Crippen LogP contribution in [0.5, 0.6) is 0 Å². The predicted molar refractivity (Wildman–Crippen MR) is 48.0 cm³/mol. The van der Waals surface area contributed by atoms with Crippen molar-refractivity contribution >= 4 is 5.69 Å². The number of rotatable bonds is 2. The van der Waals surface area contributed by atoms with Crippen molar-refractivity contribution in [3.63, 3.8) is 0 Å². The zero-order valence-electron chi connectivity index (χ0n) is 8.11. The van der Waals surface area contributed by atoms with Gasteiger partial charge in [0.2, 0.25) is 0 Å². The molecule has 0 spiro atoms. The molecule has 88 valence electrons. The summed E-state index contributed by atoms with van der Waals surface area (Å²) in [5.74, 6) is 0. The quantitative estimate of drug-likeness (QED) is 0.580. The van der Waals surface area contributed by atoms with Crippen LogP contribution in [0.3, 0.4) is 0 Å². The highest BCUT2D eigenvalue weighted by molar-refractivity contribution is 5.32. The highest BCUT2D eigenvalue weighted by atomic mass is 19.4. The Hall–Kier alpha value is -1.86. The van der Waals surface area contributed by atoms with Gasteiger partial charge in [-0.25, -0.2) is 0 Å². The monoisotopic (exact) mass is 236 g/mol. The lowest BCUT2D eigenvalue weighted by molar-refractivity contribution is -0.385. The lowest BCUT2D eigenvalue weighted by Crippen LogP contribution is -2.28. The first-order valence-electron chi connectivity index (χ1n) is 4.23. The van der Waals surface area contributed by atoms with Crippen LogP contribution >= 0.6 is 0 Å². The van der Waals surface area contributed by atoms with E-state index in [1.165, 1.54) is 6.92 Å². The number of hydrogen-bond acceptors (Lipinski definition) is 3. The standard InChI is InChI=1S/C8H7F3N2O3/c1-2-12-4-5(13(15)16)3-6(7(12)14)8(9,10)11/h3-4H,2H2,1H3. The van der Waals surface area contributed by atoms with Crippen LogP contribution in [0.1, 0.15) is 12.5 Å². The highest BCUT2D eigenvalue weighted by Gasteiger charge is 2.36. The number of nitro groups is 1. The van der Waals surface area contributed by atoms with Crippen molar-refractivity contribution in [2.24, 2.45) is 0 Å². The zero-order valence-corrected chi connectivity index (χ0v) is 8.11. The van der Waals surface area contributed by atoms with Gasteiger partial charge in [0.25, 0.3) is 11.2 Å². The fourth-order valence-corrected chi connectivity index (χ4v) is 1.16. The fourth-order valence-electron chi connectivity index (χ4n) is 1.16. The van der Waals surface area contributed by atoms with Crippen molar-refractivity contribution in [3.05, 3.63) is 38.3 Å². The lowest BCUT2D eigenvalue weighted by Gasteiger charge is -2.08. The molecule has 1 aromatic rings. The summed E-state index contributed by atoms with van der Waals surface area (Å²) in [6.45, 7) is 1.36. The van der Waals surface area contributed by atoms with Crippen molar-refractivity contribution in [2.45, 2.75) is 19.6 Å². The zero-order chi connectivity index (χ0) is 12.5. The maximum Gasteiger partial charge on any atom is 0.421 e. The SMILES string of the molecule is CCn1cc([N+](=O)[O-])cc(C(F)(F)F)c1=O. The summed E-state index contributed by atoms with van der Waals surface area (Å²) in [5.41, 5.74) is -3.56. The average Bonchev–Trinajstić information content (AvgIpc) is 2.15. The third-order valence-electron chi connectivity index (χ3n) is 1.93. The van der Waals surface area contributed by atoms with Gasteiger partial charge in [0.1, 0.15) is 5.56 Å². The van der Waals surface area contributed by atoms with Gasteiger partial charge in [-0.2, -0.15) is 13.2 Å². The maximum absolute atomic E-state index is 12.4. The topological polar surface area (TPSA) is 65.1 Å². The molecule has 1 aromatic heterocycles. The van der Waals surface area contributed by atoms with Crippen LogP contribution in [0.25, 0.3) is 0 Å². The Bertz CT molecular complexity index is 478. The normalized spacial score (nSPS) is 11.5. The van der Waals surface area contributed by atoms with E-state index >= 15 is 0 Å². The van der Waals surface area contributed by atoms with Gasteiger partial charge in [0, 0.05) is 12.6 Å². The molecule has 0 saturated heterocycles. The van der Waals surface area contributed by atoms with Gasteiger partial charge in [-0.1, -0.05) is 0 Å². The van der Waals surface area contributed by atoms with Gasteiger partial charge >= 0.3 is 6.18 Å². The van der Waals surface area contributed by atoms with E-state index in [0.29, 0.717) is 4.57 Å². The van der Waals surface area contributed by atoms with Crippen molar-refractivity contribution in [3.8, 4) is 0 Å². The molecule has 0 amide bonds. The Labute approximate surface area is 87.3 Å². The second-order valence-corrected chi connectivity index (χ2v) is 2.96. The van der Waals surface area contributed by atoms with Crippen LogP contribution in [0, 0.1) is 10.1 Å². The number of aryl methyl sites for hydroxylation is 1. The van der Waals surface area contributed by atoms with Crippen molar-refractivity contribution in [2.75, 3.05) is 0 Å². The molecular weight excluding hydrogens is 229 g/mol. The molecule has 16 heavy (non-hydrogen) atoms. The third kappa shape index (κ3) is 2.20. The van der Waals surface area contributed by atoms with Crippen LogP contribution in [-0.4, -0.2) is 9.49 Å². The molecule has 0 N–H and O–H groups in total. The highest BCUT2D eigenvalue weighted by Crippen LogP contribution is 2.28.